The lowest BCUT2D eigenvalue weighted by Crippen LogP contribution is -2.03. The fourth-order valence-corrected chi connectivity index (χ4v) is 2.54. The van der Waals surface area contributed by atoms with Crippen LogP contribution in [0.1, 0.15) is 34.1 Å². The molecule has 0 aliphatic heterocycles. The number of carbonyl (C=O) groups is 1. The van der Waals surface area contributed by atoms with Crippen molar-refractivity contribution in [3.05, 3.63) is 50.6 Å². The van der Waals surface area contributed by atoms with Crippen molar-refractivity contribution in [1.29, 1.82) is 0 Å². The Kier molecular flexibility index (Phi) is 4.17. The van der Waals surface area contributed by atoms with Gasteiger partial charge in [0.05, 0.1) is 15.7 Å². The first kappa shape index (κ1) is 15.0. The van der Waals surface area contributed by atoms with Crippen LogP contribution in [0.2, 0.25) is 10.0 Å². The van der Waals surface area contributed by atoms with Crippen LogP contribution in [0.4, 0.5) is 0 Å². The molecule has 1 aromatic carbocycles. The third kappa shape index (κ3) is 2.58. The van der Waals surface area contributed by atoms with Gasteiger partial charge in [0.15, 0.2) is 5.78 Å². The Morgan fingerprint density at radius 2 is 1.70 bits per heavy atom. The SMILES string of the molecule is CC(=O)c1nc(-c2ccc(C)c(C)c2)c(Cl)c(C)c1Cl. The Labute approximate surface area is 128 Å². The van der Waals surface area contributed by atoms with Gasteiger partial charge in [-0.2, -0.15) is 0 Å². The summed E-state index contributed by atoms with van der Waals surface area (Å²) in [5.41, 5.74) is 4.78. The summed E-state index contributed by atoms with van der Waals surface area (Å²) < 4.78 is 0. The van der Waals surface area contributed by atoms with Crippen LogP contribution < -0.4 is 0 Å². The van der Waals surface area contributed by atoms with Gasteiger partial charge in [0, 0.05) is 12.5 Å². The molecule has 1 aromatic heterocycles. The number of benzene rings is 1. The van der Waals surface area contributed by atoms with Crippen LogP contribution in [0.3, 0.4) is 0 Å². The number of pyridine rings is 1. The van der Waals surface area contributed by atoms with Crippen LogP contribution >= 0.6 is 23.2 Å². The monoisotopic (exact) mass is 307 g/mol. The molecule has 0 fully saturated rings. The predicted molar refractivity (Wildman–Crippen MR) is 83.9 cm³/mol. The molecule has 0 saturated carbocycles. The Bertz CT molecular complexity index is 708. The van der Waals surface area contributed by atoms with Crippen LogP contribution in [-0.4, -0.2) is 10.8 Å². The standard InChI is InChI=1S/C16H15Cl2NO/c1-8-5-6-12(7-9(8)2)16-14(18)10(3)13(17)15(19-16)11(4)20/h5-7H,1-4H3. The minimum Gasteiger partial charge on any atom is -0.293 e. The summed E-state index contributed by atoms with van der Waals surface area (Å²) in [4.78, 5) is 16.0. The molecule has 0 saturated heterocycles. The number of nitrogens with zero attached hydrogens (tertiary/aromatic N) is 1. The molecular weight excluding hydrogens is 293 g/mol. The highest BCUT2D eigenvalue weighted by molar-refractivity contribution is 6.39. The highest BCUT2D eigenvalue weighted by Crippen LogP contribution is 2.35. The number of hydrogen-bond donors (Lipinski definition) is 0. The lowest BCUT2D eigenvalue weighted by molar-refractivity contribution is 0.101. The molecule has 0 bridgehead atoms. The molecule has 0 radical (unpaired) electrons. The molecular formula is C16H15Cl2NO. The molecule has 0 N–H and O–H groups in total. The van der Waals surface area contributed by atoms with Crippen molar-refractivity contribution in [3.63, 3.8) is 0 Å². The summed E-state index contributed by atoms with van der Waals surface area (Å²) in [5, 5.41) is 0.818. The molecule has 0 aliphatic rings. The number of hydrogen-bond acceptors (Lipinski definition) is 2. The second-order valence-corrected chi connectivity index (χ2v) is 5.67. The van der Waals surface area contributed by atoms with E-state index in [-0.39, 0.29) is 11.5 Å². The zero-order valence-electron chi connectivity index (χ0n) is 11.8. The van der Waals surface area contributed by atoms with Crippen molar-refractivity contribution in [1.82, 2.24) is 4.98 Å². The number of halogens is 2. The molecule has 2 nitrogen and oxygen atoms in total. The van der Waals surface area contributed by atoms with Crippen molar-refractivity contribution in [2.45, 2.75) is 27.7 Å². The van der Waals surface area contributed by atoms with E-state index in [2.05, 4.69) is 4.98 Å². The van der Waals surface area contributed by atoms with Gasteiger partial charge in [-0.05, 0) is 43.5 Å². The minimum atomic E-state index is -0.167. The van der Waals surface area contributed by atoms with Gasteiger partial charge in [-0.3, -0.25) is 4.79 Å². The van der Waals surface area contributed by atoms with Crippen molar-refractivity contribution in [2.75, 3.05) is 0 Å². The summed E-state index contributed by atoms with van der Waals surface area (Å²) in [6.07, 6.45) is 0. The summed E-state index contributed by atoms with van der Waals surface area (Å²) in [6, 6.07) is 5.98. The van der Waals surface area contributed by atoms with E-state index < -0.39 is 0 Å². The zero-order chi connectivity index (χ0) is 15.0. The van der Waals surface area contributed by atoms with Gasteiger partial charge >= 0.3 is 0 Å². The molecule has 0 amide bonds. The lowest BCUT2D eigenvalue weighted by Gasteiger charge is -2.12. The highest BCUT2D eigenvalue weighted by Gasteiger charge is 2.18. The van der Waals surface area contributed by atoms with Crippen molar-refractivity contribution in [2.24, 2.45) is 0 Å². The van der Waals surface area contributed by atoms with E-state index in [0.717, 1.165) is 11.1 Å². The van der Waals surface area contributed by atoms with Crippen molar-refractivity contribution in [3.8, 4) is 11.3 Å². The summed E-state index contributed by atoms with van der Waals surface area (Å²) in [7, 11) is 0. The first-order chi connectivity index (χ1) is 9.32. The largest absolute Gasteiger partial charge is 0.293 e. The zero-order valence-corrected chi connectivity index (χ0v) is 13.4. The molecule has 1 heterocycles. The highest BCUT2D eigenvalue weighted by atomic mass is 35.5. The maximum Gasteiger partial charge on any atom is 0.179 e. The van der Waals surface area contributed by atoms with Crippen molar-refractivity contribution < 1.29 is 4.79 Å². The van der Waals surface area contributed by atoms with Gasteiger partial charge in [0.25, 0.3) is 0 Å². The fraction of sp³-hybridized carbons (Fsp3) is 0.250. The van der Waals surface area contributed by atoms with Gasteiger partial charge in [-0.25, -0.2) is 4.98 Å². The first-order valence-corrected chi connectivity index (χ1v) is 7.02. The Hall–Kier alpha value is -1.38. The molecule has 0 aliphatic carbocycles. The van der Waals surface area contributed by atoms with Crippen LogP contribution in [0.5, 0.6) is 0 Å². The Balaban J connectivity index is 2.73. The maximum absolute atomic E-state index is 11.6. The quantitative estimate of drug-likeness (QED) is 0.715. The molecule has 0 spiro atoms. The van der Waals surface area contributed by atoms with E-state index in [0.29, 0.717) is 21.3 Å². The number of aromatic nitrogens is 1. The van der Waals surface area contributed by atoms with Gasteiger partial charge in [-0.15, -0.1) is 0 Å². The third-order valence-electron chi connectivity index (χ3n) is 3.41. The molecule has 0 unspecified atom stereocenters. The second kappa shape index (κ2) is 5.55. The smallest absolute Gasteiger partial charge is 0.179 e. The Morgan fingerprint density at radius 3 is 2.25 bits per heavy atom. The van der Waals surface area contributed by atoms with Gasteiger partial charge in [0.1, 0.15) is 5.69 Å². The second-order valence-electron chi connectivity index (χ2n) is 4.92. The van der Waals surface area contributed by atoms with Gasteiger partial charge in [0.2, 0.25) is 0 Å². The average Bonchev–Trinajstić information content (AvgIpc) is 2.39. The number of Topliss-reactive ketones (excluding diaryl/α,β-unsaturated/α-hetero) is 1. The van der Waals surface area contributed by atoms with Crippen molar-refractivity contribution >= 4 is 29.0 Å². The summed E-state index contributed by atoms with van der Waals surface area (Å²) in [5.74, 6) is -0.167. The van der Waals surface area contributed by atoms with E-state index in [1.54, 1.807) is 6.92 Å². The topological polar surface area (TPSA) is 30.0 Å². The van der Waals surface area contributed by atoms with E-state index in [1.807, 2.05) is 32.0 Å². The third-order valence-corrected chi connectivity index (χ3v) is 4.34. The lowest BCUT2D eigenvalue weighted by atomic mass is 10.0. The summed E-state index contributed by atoms with van der Waals surface area (Å²) >= 11 is 12.5. The maximum atomic E-state index is 11.6. The van der Waals surface area contributed by atoms with Gasteiger partial charge < -0.3 is 0 Å². The molecule has 20 heavy (non-hydrogen) atoms. The van der Waals surface area contributed by atoms with E-state index >= 15 is 0 Å². The fourth-order valence-electron chi connectivity index (χ4n) is 1.97. The van der Waals surface area contributed by atoms with E-state index in [1.165, 1.54) is 12.5 Å². The average molecular weight is 308 g/mol. The normalized spacial score (nSPS) is 10.7. The molecule has 104 valence electrons. The number of rotatable bonds is 2. The van der Waals surface area contributed by atoms with Crippen LogP contribution in [0, 0.1) is 20.8 Å². The molecule has 4 heteroatoms. The van der Waals surface area contributed by atoms with Crippen LogP contribution in [0.15, 0.2) is 18.2 Å². The summed E-state index contributed by atoms with van der Waals surface area (Å²) in [6.45, 7) is 7.32. The molecule has 2 rings (SSSR count). The molecule has 2 aromatic rings. The predicted octanol–water partition coefficient (Wildman–Crippen LogP) is 5.18. The van der Waals surface area contributed by atoms with Crippen LogP contribution in [0.25, 0.3) is 11.3 Å². The first-order valence-electron chi connectivity index (χ1n) is 6.27. The van der Waals surface area contributed by atoms with E-state index in [4.69, 9.17) is 23.2 Å². The van der Waals surface area contributed by atoms with Gasteiger partial charge in [-0.1, -0.05) is 35.3 Å². The number of carbonyl (C=O) groups excluding carboxylic acids is 1. The number of ketones is 1. The Morgan fingerprint density at radius 1 is 1.05 bits per heavy atom. The number of aryl methyl sites for hydroxylation is 2. The van der Waals surface area contributed by atoms with Crippen LogP contribution in [-0.2, 0) is 0 Å². The minimum absolute atomic E-state index is 0.167. The van der Waals surface area contributed by atoms with E-state index in [9.17, 15) is 4.79 Å². The molecule has 0 atom stereocenters.